The lowest BCUT2D eigenvalue weighted by atomic mass is 9.89. The molecule has 1 fully saturated rings. The lowest BCUT2D eigenvalue weighted by Gasteiger charge is -2.36. The number of hydrogen-bond donors (Lipinski definition) is 0. The lowest BCUT2D eigenvalue weighted by Crippen LogP contribution is -2.33. The summed E-state index contributed by atoms with van der Waals surface area (Å²) in [6.45, 7) is 1.92. The Morgan fingerprint density at radius 3 is 2.84 bits per heavy atom. The van der Waals surface area contributed by atoms with Gasteiger partial charge in [-0.1, -0.05) is 11.6 Å². The molecule has 1 unspecified atom stereocenters. The molecule has 19 heavy (non-hydrogen) atoms. The number of nitrogens with zero attached hydrogens (tertiary/aromatic N) is 3. The maximum Gasteiger partial charge on any atom is 0.160 e. The minimum Gasteiger partial charge on any atom is -0.381 e. The molecule has 0 aromatic carbocycles. The third-order valence-electron chi connectivity index (χ3n) is 3.65. The molecule has 2 aromatic rings. The van der Waals surface area contributed by atoms with Crippen molar-refractivity contribution < 1.29 is 4.74 Å². The number of aromatic nitrogens is 3. The molecule has 2 aromatic heterocycles. The maximum absolute atomic E-state index is 6.24. The fourth-order valence-electron chi connectivity index (χ4n) is 2.56. The molecule has 4 nitrogen and oxygen atoms in total. The number of pyridine rings is 1. The summed E-state index contributed by atoms with van der Waals surface area (Å²) in [5, 5.41) is 0.434. The van der Waals surface area contributed by atoms with Crippen LogP contribution in [0.4, 0.5) is 0 Å². The molecule has 1 aliphatic carbocycles. The van der Waals surface area contributed by atoms with Crippen molar-refractivity contribution in [1.29, 1.82) is 0 Å². The number of hydrogen-bond acceptors (Lipinski definition) is 3. The molecule has 0 amide bonds. The van der Waals surface area contributed by atoms with E-state index in [2.05, 4.69) is 14.5 Å². The molecule has 6 heteroatoms. The fraction of sp³-hybridized carbons (Fsp3) is 0.538. The number of halogens is 2. The second-order valence-corrected chi connectivity index (χ2v) is 6.03. The molecule has 0 saturated heterocycles. The van der Waals surface area contributed by atoms with E-state index in [9.17, 15) is 0 Å². The number of ether oxygens (including phenoxy) is 1. The Balaban J connectivity index is 2.07. The predicted octanol–water partition coefficient (Wildman–Crippen LogP) is 3.73. The first-order chi connectivity index (χ1) is 9.10. The Labute approximate surface area is 121 Å². The molecule has 0 radical (unpaired) electrons. The lowest BCUT2D eigenvalue weighted by molar-refractivity contribution is 0.00643. The zero-order valence-corrected chi connectivity index (χ0v) is 12.3. The zero-order chi connectivity index (χ0) is 13.6. The first-order valence-electron chi connectivity index (χ1n) is 6.30. The standard InChI is InChI=1S/C13H15Cl2N3O/c1-7(14)12-17-11-3-8(15)6-16-13(11)18(12)9-4-10(5-9)19-2/h3,6-7,9-10H,4-5H2,1-2H3. The second kappa shape index (κ2) is 4.93. The molecule has 1 aliphatic rings. The van der Waals surface area contributed by atoms with Crippen LogP contribution in [-0.2, 0) is 4.74 Å². The highest BCUT2D eigenvalue weighted by Crippen LogP contribution is 2.39. The molecular weight excluding hydrogens is 285 g/mol. The maximum atomic E-state index is 6.24. The summed E-state index contributed by atoms with van der Waals surface area (Å²) in [6.07, 6.45) is 3.93. The minimum absolute atomic E-state index is 0.158. The van der Waals surface area contributed by atoms with Crippen LogP contribution in [0.15, 0.2) is 12.3 Å². The van der Waals surface area contributed by atoms with E-state index < -0.39 is 0 Å². The van der Waals surface area contributed by atoms with Crippen LogP contribution >= 0.6 is 23.2 Å². The van der Waals surface area contributed by atoms with E-state index in [-0.39, 0.29) is 5.38 Å². The van der Waals surface area contributed by atoms with Crippen molar-refractivity contribution in [1.82, 2.24) is 14.5 Å². The second-order valence-electron chi connectivity index (χ2n) is 4.94. The number of alkyl halides is 1. The molecule has 0 aliphatic heterocycles. The topological polar surface area (TPSA) is 39.9 Å². The van der Waals surface area contributed by atoms with Gasteiger partial charge in [-0.3, -0.25) is 0 Å². The molecule has 0 bridgehead atoms. The summed E-state index contributed by atoms with van der Waals surface area (Å²) in [7, 11) is 1.75. The average Bonchev–Trinajstić information content (AvgIpc) is 2.66. The number of rotatable bonds is 3. The van der Waals surface area contributed by atoms with Crippen molar-refractivity contribution >= 4 is 34.4 Å². The van der Waals surface area contributed by atoms with Crippen LogP contribution in [0.5, 0.6) is 0 Å². The van der Waals surface area contributed by atoms with E-state index in [4.69, 9.17) is 27.9 Å². The summed E-state index contributed by atoms with van der Waals surface area (Å²) in [6, 6.07) is 2.19. The van der Waals surface area contributed by atoms with Gasteiger partial charge in [0, 0.05) is 19.3 Å². The van der Waals surface area contributed by atoms with Crippen molar-refractivity contribution in [3.63, 3.8) is 0 Å². The van der Waals surface area contributed by atoms with Crippen LogP contribution in [0.3, 0.4) is 0 Å². The van der Waals surface area contributed by atoms with Crippen molar-refractivity contribution in [2.45, 2.75) is 37.3 Å². The normalized spacial score (nSPS) is 24.4. The zero-order valence-electron chi connectivity index (χ0n) is 10.8. The van der Waals surface area contributed by atoms with Crippen LogP contribution in [0.1, 0.15) is 37.0 Å². The van der Waals surface area contributed by atoms with Gasteiger partial charge in [0.1, 0.15) is 11.3 Å². The van der Waals surface area contributed by atoms with Gasteiger partial charge in [0.2, 0.25) is 0 Å². The van der Waals surface area contributed by atoms with Crippen molar-refractivity contribution in [2.24, 2.45) is 0 Å². The van der Waals surface area contributed by atoms with Crippen molar-refractivity contribution in [3.8, 4) is 0 Å². The summed E-state index contributed by atoms with van der Waals surface area (Å²) in [5.74, 6) is 0.853. The van der Waals surface area contributed by atoms with E-state index >= 15 is 0 Å². The first-order valence-corrected chi connectivity index (χ1v) is 7.12. The average molecular weight is 300 g/mol. The summed E-state index contributed by atoms with van der Waals surface area (Å²) >= 11 is 12.2. The van der Waals surface area contributed by atoms with Crippen molar-refractivity contribution in [2.75, 3.05) is 7.11 Å². The van der Waals surface area contributed by atoms with Gasteiger partial charge < -0.3 is 9.30 Å². The summed E-state index contributed by atoms with van der Waals surface area (Å²) in [5.41, 5.74) is 1.65. The van der Waals surface area contributed by atoms with Crippen LogP contribution in [-0.4, -0.2) is 27.7 Å². The quantitative estimate of drug-likeness (QED) is 0.811. The number of imidazole rings is 1. The highest BCUT2D eigenvalue weighted by atomic mass is 35.5. The molecular formula is C13H15Cl2N3O. The summed E-state index contributed by atoms with van der Waals surface area (Å²) in [4.78, 5) is 8.98. The fourth-order valence-corrected chi connectivity index (χ4v) is 2.86. The van der Waals surface area contributed by atoms with Gasteiger partial charge in [-0.25, -0.2) is 9.97 Å². The third kappa shape index (κ3) is 2.22. The Hall–Kier alpha value is -0.840. The Kier molecular flexibility index (Phi) is 3.41. The van der Waals surface area contributed by atoms with Crippen LogP contribution in [0, 0.1) is 0 Å². The minimum atomic E-state index is -0.158. The smallest absolute Gasteiger partial charge is 0.160 e. The van der Waals surface area contributed by atoms with Crippen LogP contribution in [0.2, 0.25) is 5.02 Å². The van der Waals surface area contributed by atoms with E-state index in [0.29, 0.717) is 17.2 Å². The Morgan fingerprint density at radius 1 is 1.47 bits per heavy atom. The van der Waals surface area contributed by atoms with Gasteiger partial charge >= 0.3 is 0 Å². The number of fused-ring (bicyclic) bond motifs is 1. The van der Waals surface area contributed by atoms with Gasteiger partial charge in [-0.15, -0.1) is 11.6 Å². The van der Waals surface area contributed by atoms with Crippen molar-refractivity contribution in [3.05, 3.63) is 23.1 Å². The monoisotopic (exact) mass is 299 g/mol. The Bertz CT molecular complexity index is 605. The highest BCUT2D eigenvalue weighted by molar-refractivity contribution is 6.31. The molecule has 0 spiro atoms. The third-order valence-corrected chi connectivity index (χ3v) is 4.05. The van der Waals surface area contributed by atoms with Gasteiger partial charge in [0.15, 0.2) is 5.65 Å². The van der Waals surface area contributed by atoms with Gasteiger partial charge in [0.25, 0.3) is 0 Å². The molecule has 1 atom stereocenters. The SMILES string of the molecule is COC1CC(n2c(C(C)Cl)nc3cc(Cl)cnc32)C1. The van der Waals surface area contributed by atoms with E-state index in [1.54, 1.807) is 13.3 Å². The van der Waals surface area contributed by atoms with Crippen LogP contribution in [0.25, 0.3) is 11.2 Å². The van der Waals surface area contributed by atoms with E-state index in [1.807, 2.05) is 13.0 Å². The largest absolute Gasteiger partial charge is 0.381 e. The van der Waals surface area contributed by atoms with E-state index in [1.165, 1.54) is 0 Å². The molecule has 3 rings (SSSR count). The van der Waals surface area contributed by atoms with E-state index in [0.717, 1.165) is 29.8 Å². The first kappa shape index (κ1) is 13.2. The molecule has 0 N–H and O–H groups in total. The van der Waals surface area contributed by atoms with Gasteiger partial charge in [-0.2, -0.15) is 0 Å². The Morgan fingerprint density at radius 2 is 2.21 bits per heavy atom. The van der Waals surface area contributed by atoms with Gasteiger partial charge in [-0.05, 0) is 25.8 Å². The highest BCUT2D eigenvalue weighted by Gasteiger charge is 2.34. The molecule has 1 saturated carbocycles. The molecule has 2 heterocycles. The van der Waals surface area contributed by atoms with Gasteiger partial charge in [0.05, 0.1) is 16.5 Å². The summed E-state index contributed by atoms with van der Waals surface area (Å²) < 4.78 is 7.48. The predicted molar refractivity (Wildman–Crippen MR) is 75.9 cm³/mol. The van der Waals surface area contributed by atoms with Crippen LogP contribution < -0.4 is 0 Å². The molecule has 102 valence electrons. The number of methoxy groups -OCH3 is 1.